The van der Waals surface area contributed by atoms with Crippen molar-refractivity contribution in [3.8, 4) is 0 Å². The van der Waals surface area contributed by atoms with E-state index in [1.54, 1.807) is 6.20 Å². The predicted molar refractivity (Wildman–Crippen MR) is 83.2 cm³/mol. The first-order valence-electron chi connectivity index (χ1n) is 7.28. The fraction of sp³-hybridized carbons (Fsp3) is 0.467. The van der Waals surface area contributed by atoms with E-state index < -0.39 is 5.54 Å². The lowest BCUT2D eigenvalue weighted by atomic mass is 10.00. The van der Waals surface area contributed by atoms with Crippen LogP contribution in [-0.4, -0.2) is 52.7 Å². The van der Waals surface area contributed by atoms with Gasteiger partial charge in [-0.3, -0.25) is 14.8 Å². The third-order valence-corrected chi connectivity index (χ3v) is 4.16. The van der Waals surface area contributed by atoms with E-state index in [-0.39, 0.29) is 5.91 Å². The van der Waals surface area contributed by atoms with Crippen molar-refractivity contribution in [1.82, 2.24) is 20.4 Å². The number of aromatic nitrogens is 2. The van der Waals surface area contributed by atoms with Crippen molar-refractivity contribution >= 4 is 22.5 Å². The van der Waals surface area contributed by atoms with Crippen LogP contribution in [0.5, 0.6) is 0 Å². The third kappa shape index (κ3) is 2.77. The van der Waals surface area contributed by atoms with Crippen LogP contribution in [0, 0.1) is 0 Å². The summed E-state index contributed by atoms with van der Waals surface area (Å²) in [6.07, 6.45) is 1.76. The summed E-state index contributed by atoms with van der Waals surface area (Å²) >= 11 is 0. The van der Waals surface area contributed by atoms with E-state index in [1.807, 2.05) is 32.0 Å². The van der Waals surface area contributed by atoms with Gasteiger partial charge in [-0.05, 0) is 32.0 Å². The van der Waals surface area contributed by atoms with Gasteiger partial charge < -0.3 is 10.6 Å². The van der Waals surface area contributed by atoms with Crippen LogP contribution in [0.1, 0.15) is 13.8 Å². The third-order valence-electron chi connectivity index (χ3n) is 4.16. The molecule has 2 heterocycles. The van der Waals surface area contributed by atoms with Gasteiger partial charge in [0.15, 0.2) is 0 Å². The molecule has 0 bridgehead atoms. The topological polar surface area (TPSA) is 73.0 Å². The molecule has 1 aliphatic rings. The number of carbonyl (C=O) groups is 1. The van der Waals surface area contributed by atoms with E-state index in [2.05, 4.69) is 25.7 Å². The molecule has 1 fully saturated rings. The second-order valence-corrected chi connectivity index (χ2v) is 5.92. The lowest BCUT2D eigenvalue weighted by Gasteiger charge is -2.39. The maximum Gasteiger partial charge on any atom is 0.244 e. The Morgan fingerprint density at radius 3 is 2.86 bits per heavy atom. The predicted octanol–water partition coefficient (Wildman–Crippen LogP) is 1.19. The molecular weight excluding hydrogens is 266 g/mol. The first-order valence-corrected chi connectivity index (χ1v) is 7.28. The summed E-state index contributed by atoms with van der Waals surface area (Å²) < 4.78 is 0. The lowest BCUT2D eigenvalue weighted by Crippen LogP contribution is -2.58. The molecule has 3 N–H and O–H groups in total. The number of rotatable bonds is 3. The number of piperazine rings is 1. The van der Waals surface area contributed by atoms with E-state index in [0.29, 0.717) is 0 Å². The number of nitrogens with one attached hydrogen (secondary N) is 3. The van der Waals surface area contributed by atoms with Crippen LogP contribution in [0.15, 0.2) is 24.4 Å². The average Bonchev–Trinajstić information content (AvgIpc) is 2.95. The Hall–Kier alpha value is -1.92. The molecule has 0 saturated carbocycles. The highest BCUT2D eigenvalue weighted by molar-refractivity contribution is 5.99. The fourth-order valence-corrected chi connectivity index (χ4v) is 2.67. The molecule has 1 saturated heterocycles. The Bertz CT molecular complexity index is 642. The molecule has 6 heteroatoms. The van der Waals surface area contributed by atoms with Crippen molar-refractivity contribution in [2.24, 2.45) is 0 Å². The van der Waals surface area contributed by atoms with Crippen molar-refractivity contribution in [3.05, 3.63) is 24.4 Å². The highest BCUT2D eigenvalue weighted by atomic mass is 16.2. The standard InChI is InChI=1S/C15H21N5O/c1-15(2,20-7-5-16-6-8-20)14(21)18-12-3-4-13-11(9-12)10-17-19-13/h3-4,9-10,16H,5-8H2,1-2H3,(H,17,19)(H,18,21). The van der Waals surface area contributed by atoms with Gasteiger partial charge in [0.1, 0.15) is 0 Å². The number of fused-ring (bicyclic) bond motifs is 1. The number of H-pyrrole nitrogens is 1. The molecule has 1 aromatic heterocycles. The SMILES string of the molecule is CC(C)(C(=O)Nc1ccc2[nH]ncc2c1)N1CCNCC1. The van der Waals surface area contributed by atoms with Gasteiger partial charge in [-0.15, -0.1) is 0 Å². The first kappa shape index (κ1) is 14.0. The fourth-order valence-electron chi connectivity index (χ4n) is 2.67. The molecule has 0 atom stereocenters. The largest absolute Gasteiger partial charge is 0.324 e. The molecule has 1 amide bonds. The van der Waals surface area contributed by atoms with Crippen LogP contribution in [0.4, 0.5) is 5.69 Å². The smallest absolute Gasteiger partial charge is 0.244 e. The Morgan fingerprint density at radius 1 is 1.33 bits per heavy atom. The molecule has 0 unspecified atom stereocenters. The lowest BCUT2D eigenvalue weighted by molar-refractivity contribution is -0.126. The summed E-state index contributed by atoms with van der Waals surface area (Å²) in [5, 5.41) is 14.2. The van der Waals surface area contributed by atoms with E-state index in [0.717, 1.165) is 42.8 Å². The molecule has 112 valence electrons. The monoisotopic (exact) mass is 287 g/mol. The number of amides is 1. The summed E-state index contributed by atoms with van der Waals surface area (Å²) in [5.74, 6) is 0.0206. The number of benzene rings is 1. The Balaban J connectivity index is 1.74. The van der Waals surface area contributed by atoms with E-state index in [4.69, 9.17) is 0 Å². The number of hydrogen-bond acceptors (Lipinski definition) is 4. The summed E-state index contributed by atoms with van der Waals surface area (Å²) in [6, 6.07) is 5.76. The van der Waals surface area contributed by atoms with E-state index >= 15 is 0 Å². The van der Waals surface area contributed by atoms with Crippen LogP contribution in [-0.2, 0) is 4.79 Å². The molecule has 1 aliphatic heterocycles. The van der Waals surface area contributed by atoms with Gasteiger partial charge in [-0.25, -0.2) is 0 Å². The van der Waals surface area contributed by atoms with Gasteiger partial charge in [-0.1, -0.05) is 0 Å². The van der Waals surface area contributed by atoms with Crippen LogP contribution in [0.25, 0.3) is 10.9 Å². The minimum Gasteiger partial charge on any atom is -0.324 e. The van der Waals surface area contributed by atoms with Crippen molar-refractivity contribution in [3.63, 3.8) is 0 Å². The van der Waals surface area contributed by atoms with E-state index in [1.165, 1.54) is 0 Å². The highest BCUT2D eigenvalue weighted by Crippen LogP contribution is 2.21. The van der Waals surface area contributed by atoms with Gasteiger partial charge >= 0.3 is 0 Å². The highest BCUT2D eigenvalue weighted by Gasteiger charge is 2.35. The van der Waals surface area contributed by atoms with Gasteiger partial charge in [-0.2, -0.15) is 5.10 Å². The Labute approximate surface area is 123 Å². The van der Waals surface area contributed by atoms with Crippen LogP contribution in [0.2, 0.25) is 0 Å². The number of hydrogen-bond donors (Lipinski definition) is 3. The maximum atomic E-state index is 12.6. The summed E-state index contributed by atoms with van der Waals surface area (Å²) in [6.45, 7) is 7.59. The molecule has 6 nitrogen and oxygen atoms in total. The van der Waals surface area contributed by atoms with Gasteiger partial charge in [0.2, 0.25) is 5.91 Å². The summed E-state index contributed by atoms with van der Waals surface area (Å²) in [7, 11) is 0. The second-order valence-electron chi connectivity index (χ2n) is 5.92. The molecule has 0 radical (unpaired) electrons. The molecule has 0 aliphatic carbocycles. The number of nitrogens with zero attached hydrogens (tertiary/aromatic N) is 2. The second kappa shape index (κ2) is 5.46. The summed E-state index contributed by atoms with van der Waals surface area (Å²) in [5.41, 5.74) is 1.25. The quantitative estimate of drug-likeness (QED) is 0.793. The van der Waals surface area contributed by atoms with Crippen molar-refractivity contribution < 1.29 is 4.79 Å². The van der Waals surface area contributed by atoms with Gasteiger partial charge in [0, 0.05) is 37.3 Å². The minimum absolute atomic E-state index is 0.0206. The van der Waals surface area contributed by atoms with E-state index in [9.17, 15) is 4.79 Å². The van der Waals surface area contributed by atoms with Crippen LogP contribution < -0.4 is 10.6 Å². The first-order chi connectivity index (χ1) is 10.1. The number of anilines is 1. The summed E-state index contributed by atoms with van der Waals surface area (Å²) in [4.78, 5) is 14.8. The zero-order valence-electron chi connectivity index (χ0n) is 12.4. The zero-order chi connectivity index (χ0) is 14.9. The molecule has 21 heavy (non-hydrogen) atoms. The molecule has 1 aromatic carbocycles. The number of aromatic amines is 1. The zero-order valence-corrected chi connectivity index (χ0v) is 12.4. The van der Waals surface area contributed by atoms with Gasteiger partial charge in [0.05, 0.1) is 17.3 Å². The van der Waals surface area contributed by atoms with Crippen molar-refractivity contribution in [2.75, 3.05) is 31.5 Å². The van der Waals surface area contributed by atoms with Gasteiger partial charge in [0.25, 0.3) is 0 Å². The number of carbonyl (C=O) groups excluding carboxylic acids is 1. The molecule has 3 rings (SSSR count). The average molecular weight is 287 g/mol. The van der Waals surface area contributed by atoms with Crippen molar-refractivity contribution in [2.45, 2.75) is 19.4 Å². The Kier molecular flexibility index (Phi) is 3.65. The Morgan fingerprint density at radius 2 is 2.10 bits per heavy atom. The van der Waals surface area contributed by atoms with Crippen LogP contribution >= 0.6 is 0 Å². The maximum absolute atomic E-state index is 12.6. The molecular formula is C15H21N5O. The normalized spacial score (nSPS) is 17.0. The minimum atomic E-state index is -0.520. The molecule has 2 aromatic rings. The van der Waals surface area contributed by atoms with Crippen molar-refractivity contribution in [1.29, 1.82) is 0 Å². The van der Waals surface area contributed by atoms with Crippen LogP contribution in [0.3, 0.4) is 0 Å². The molecule has 0 spiro atoms.